The molecule has 0 rings (SSSR count). The van der Waals surface area contributed by atoms with Crippen LogP contribution >= 0.6 is 15.9 Å². The van der Waals surface area contributed by atoms with E-state index in [0.29, 0.717) is 0 Å². The van der Waals surface area contributed by atoms with E-state index in [1.54, 1.807) is 26.8 Å². The Labute approximate surface area is 87.2 Å². The number of hydrogen-bond donors (Lipinski definition) is 0. The summed E-state index contributed by atoms with van der Waals surface area (Å²) in [6, 6.07) is 0. The Morgan fingerprint density at radius 3 is 2.46 bits per heavy atom. The van der Waals surface area contributed by atoms with Gasteiger partial charge >= 0.3 is 6.16 Å². The summed E-state index contributed by atoms with van der Waals surface area (Å²) in [4.78, 5) is 10.9. The molecule has 0 spiro atoms. The molecule has 0 N–H and O–H groups in total. The van der Waals surface area contributed by atoms with Crippen molar-refractivity contribution in [3.05, 3.63) is 12.2 Å². The first kappa shape index (κ1) is 12.5. The summed E-state index contributed by atoms with van der Waals surface area (Å²) in [5.74, 6) is 0. The molecule has 3 nitrogen and oxygen atoms in total. The van der Waals surface area contributed by atoms with Gasteiger partial charge in [0.2, 0.25) is 0 Å². The van der Waals surface area contributed by atoms with E-state index in [1.807, 2.05) is 6.08 Å². The van der Waals surface area contributed by atoms with Crippen molar-refractivity contribution in [2.75, 3.05) is 11.9 Å². The minimum absolute atomic E-state index is 0.251. The lowest BCUT2D eigenvalue weighted by atomic mass is 10.2. The quantitative estimate of drug-likeness (QED) is 0.439. The van der Waals surface area contributed by atoms with Gasteiger partial charge in [0.15, 0.2) is 0 Å². The Kier molecular flexibility index (Phi) is 5.79. The Balaban J connectivity index is 3.58. The van der Waals surface area contributed by atoms with E-state index in [0.717, 1.165) is 5.33 Å². The average Bonchev–Trinajstić information content (AvgIpc) is 1.94. The van der Waals surface area contributed by atoms with E-state index in [-0.39, 0.29) is 6.61 Å². The summed E-state index contributed by atoms with van der Waals surface area (Å²) in [5.41, 5.74) is -0.490. The Bertz CT molecular complexity index is 182. The first-order valence-electron chi connectivity index (χ1n) is 4.02. The van der Waals surface area contributed by atoms with Crippen LogP contribution in [0.15, 0.2) is 12.2 Å². The van der Waals surface area contributed by atoms with E-state index in [9.17, 15) is 4.79 Å². The zero-order chi connectivity index (χ0) is 10.3. The van der Waals surface area contributed by atoms with E-state index in [2.05, 4.69) is 15.9 Å². The van der Waals surface area contributed by atoms with Crippen LogP contribution in [0.4, 0.5) is 4.79 Å². The molecule has 0 aliphatic carbocycles. The van der Waals surface area contributed by atoms with Crippen LogP contribution in [0.25, 0.3) is 0 Å². The van der Waals surface area contributed by atoms with Gasteiger partial charge in [0.1, 0.15) is 12.2 Å². The van der Waals surface area contributed by atoms with Crippen molar-refractivity contribution in [1.29, 1.82) is 0 Å². The lowest BCUT2D eigenvalue weighted by Crippen LogP contribution is -2.24. The van der Waals surface area contributed by atoms with Gasteiger partial charge in [-0.05, 0) is 20.8 Å². The van der Waals surface area contributed by atoms with Gasteiger partial charge in [0.25, 0.3) is 0 Å². The first-order valence-corrected chi connectivity index (χ1v) is 5.14. The van der Waals surface area contributed by atoms with Gasteiger partial charge in [0, 0.05) is 5.33 Å². The highest BCUT2D eigenvalue weighted by molar-refractivity contribution is 9.09. The molecule has 0 saturated heterocycles. The summed E-state index contributed by atoms with van der Waals surface area (Å²) in [7, 11) is 0. The third-order valence-electron chi connectivity index (χ3n) is 0.943. The van der Waals surface area contributed by atoms with Gasteiger partial charge in [-0.3, -0.25) is 0 Å². The van der Waals surface area contributed by atoms with Crippen LogP contribution in [0.5, 0.6) is 0 Å². The molecular weight excluding hydrogens is 236 g/mol. The molecule has 13 heavy (non-hydrogen) atoms. The van der Waals surface area contributed by atoms with Crippen LogP contribution in [0.1, 0.15) is 20.8 Å². The third-order valence-corrected chi connectivity index (χ3v) is 1.32. The highest BCUT2D eigenvalue weighted by Gasteiger charge is 2.16. The lowest BCUT2D eigenvalue weighted by molar-refractivity contribution is -0.00241. The molecule has 0 saturated carbocycles. The highest BCUT2D eigenvalue weighted by atomic mass is 79.9. The number of rotatable bonds is 3. The SMILES string of the molecule is CC(C)(C)OC(=O)OC/C=C/CBr. The van der Waals surface area contributed by atoms with Crippen LogP contribution in [-0.2, 0) is 9.47 Å². The van der Waals surface area contributed by atoms with E-state index in [4.69, 9.17) is 9.47 Å². The summed E-state index contributed by atoms with van der Waals surface area (Å²) in [5, 5.41) is 0.755. The molecular formula is C9H15BrO3. The zero-order valence-corrected chi connectivity index (χ0v) is 9.76. The monoisotopic (exact) mass is 250 g/mol. The van der Waals surface area contributed by atoms with E-state index >= 15 is 0 Å². The molecule has 0 bridgehead atoms. The maximum absolute atomic E-state index is 10.9. The van der Waals surface area contributed by atoms with Crippen molar-refractivity contribution in [3.63, 3.8) is 0 Å². The molecule has 0 aliphatic rings. The molecule has 0 fully saturated rings. The van der Waals surface area contributed by atoms with Gasteiger partial charge in [0.05, 0.1) is 0 Å². The lowest BCUT2D eigenvalue weighted by Gasteiger charge is -2.18. The number of carbonyl (C=O) groups is 1. The van der Waals surface area contributed by atoms with E-state index in [1.165, 1.54) is 0 Å². The smallest absolute Gasteiger partial charge is 0.430 e. The molecule has 0 aliphatic heterocycles. The Hall–Kier alpha value is -0.510. The summed E-state index contributed by atoms with van der Waals surface area (Å²) in [6.45, 7) is 5.63. The van der Waals surface area contributed by atoms with Gasteiger partial charge in [-0.15, -0.1) is 0 Å². The van der Waals surface area contributed by atoms with Gasteiger partial charge < -0.3 is 9.47 Å². The normalized spacial score (nSPS) is 11.7. The fourth-order valence-electron chi connectivity index (χ4n) is 0.527. The first-order chi connectivity index (χ1) is 5.95. The number of carbonyl (C=O) groups excluding carboxylic acids is 1. The molecule has 4 heteroatoms. The van der Waals surface area contributed by atoms with Crippen molar-refractivity contribution in [2.45, 2.75) is 26.4 Å². The molecule has 0 aromatic rings. The Morgan fingerprint density at radius 1 is 1.38 bits per heavy atom. The van der Waals surface area contributed by atoms with Crippen molar-refractivity contribution in [1.82, 2.24) is 0 Å². The van der Waals surface area contributed by atoms with Crippen LogP contribution in [0, 0.1) is 0 Å². The van der Waals surface area contributed by atoms with E-state index < -0.39 is 11.8 Å². The number of halogens is 1. The van der Waals surface area contributed by atoms with Gasteiger partial charge in [-0.1, -0.05) is 28.1 Å². The molecule has 0 radical (unpaired) electrons. The second-order valence-electron chi connectivity index (χ2n) is 3.40. The number of alkyl halides is 1. The Morgan fingerprint density at radius 2 is 2.00 bits per heavy atom. The second-order valence-corrected chi connectivity index (χ2v) is 4.05. The third kappa shape index (κ3) is 9.40. The van der Waals surface area contributed by atoms with Crippen molar-refractivity contribution < 1.29 is 14.3 Å². The molecule has 0 aromatic carbocycles. The van der Waals surface area contributed by atoms with Crippen molar-refractivity contribution in [3.8, 4) is 0 Å². The number of allylic oxidation sites excluding steroid dienone is 1. The fourth-order valence-corrected chi connectivity index (χ4v) is 0.791. The standard InChI is InChI=1S/C9H15BrO3/c1-9(2,3)13-8(11)12-7-5-4-6-10/h4-5H,6-7H2,1-3H3/b5-4+. The molecule has 76 valence electrons. The number of ether oxygens (including phenoxy) is 2. The van der Waals surface area contributed by atoms with Crippen molar-refractivity contribution in [2.24, 2.45) is 0 Å². The maximum atomic E-state index is 10.9. The van der Waals surface area contributed by atoms with Crippen molar-refractivity contribution >= 4 is 22.1 Å². The summed E-state index contributed by atoms with van der Waals surface area (Å²) in [6.07, 6.45) is 2.97. The predicted molar refractivity (Wildman–Crippen MR) is 55.1 cm³/mol. The van der Waals surface area contributed by atoms with Crippen LogP contribution in [0.3, 0.4) is 0 Å². The summed E-state index contributed by atoms with van der Waals surface area (Å²) >= 11 is 3.21. The molecule has 0 unspecified atom stereocenters. The number of hydrogen-bond acceptors (Lipinski definition) is 3. The fraction of sp³-hybridized carbons (Fsp3) is 0.667. The zero-order valence-electron chi connectivity index (χ0n) is 8.17. The predicted octanol–water partition coefficient (Wildman–Crippen LogP) is 2.89. The average molecular weight is 251 g/mol. The van der Waals surface area contributed by atoms with Gasteiger partial charge in [-0.2, -0.15) is 0 Å². The molecule has 0 amide bonds. The molecule has 0 heterocycles. The van der Waals surface area contributed by atoms with Gasteiger partial charge in [-0.25, -0.2) is 4.79 Å². The maximum Gasteiger partial charge on any atom is 0.509 e. The largest absolute Gasteiger partial charge is 0.509 e. The molecule has 0 aromatic heterocycles. The minimum Gasteiger partial charge on any atom is -0.430 e. The topological polar surface area (TPSA) is 35.5 Å². The minimum atomic E-state index is -0.633. The van der Waals surface area contributed by atoms with Crippen LogP contribution < -0.4 is 0 Å². The highest BCUT2D eigenvalue weighted by Crippen LogP contribution is 2.07. The van der Waals surface area contributed by atoms with Crippen LogP contribution in [0.2, 0.25) is 0 Å². The summed E-state index contributed by atoms with van der Waals surface area (Å²) < 4.78 is 9.66. The van der Waals surface area contributed by atoms with Crippen LogP contribution in [-0.4, -0.2) is 23.7 Å². The second kappa shape index (κ2) is 6.02. The molecule has 0 atom stereocenters.